The summed E-state index contributed by atoms with van der Waals surface area (Å²) in [6, 6.07) is 8.81. The molecule has 27 heavy (non-hydrogen) atoms. The van der Waals surface area contributed by atoms with Crippen LogP contribution in [-0.2, 0) is 0 Å². The number of thiazole rings is 1. The molecule has 2 fully saturated rings. The van der Waals surface area contributed by atoms with Crippen LogP contribution < -0.4 is 10.4 Å². The minimum atomic E-state index is 0.177. The molecule has 0 bridgehead atoms. The second kappa shape index (κ2) is 7.55. The molecule has 8 heteroatoms. The number of fused-ring (bicyclic) bond motifs is 1. The minimum Gasteiger partial charge on any atom is -0.422 e. The maximum atomic E-state index is 6.20. The molecule has 0 amide bonds. The molecule has 0 spiro atoms. The largest absolute Gasteiger partial charge is 0.422 e. The monoisotopic (exact) mass is 384 g/mol. The second-order valence-electron chi connectivity index (χ2n) is 7.02. The fraction of sp³-hybridized carbons (Fsp3) is 0.474. The molecule has 5 rings (SSSR count). The van der Waals surface area contributed by atoms with E-state index in [1.54, 1.807) is 11.3 Å². The third-order valence-electron chi connectivity index (χ3n) is 5.25. The quantitative estimate of drug-likeness (QED) is 0.742. The Morgan fingerprint density at radius 3 is 2.85 bits per heavy atom. The smallest absolute Gasteiger partial charge is 0.329 e. The Kier molecular flexibility index (Phi) is 4.79. The Morgan fingerprint density at radius 2 is 2.04 bits per heavy atom. The molecule has 2 saturated heterocycles. The summed E-state index contributed by atoms with van der Waals surface area (Å²) < 4.78 is 6.20. The fourth-order valence-electron chi connectivity index (χ4n) is 3.94. The fourth-order valence-corrected chi connectivity index (χ4v) is 4.68. The number of para-hydroxylation sites is 2. The molecular formula is C19H24N6OS. The van der Waals surface area contributed by atoms with Gasteiger partial charge in [0.2, 0.25) is 0 Å². The number of oxazole rings is 1. The molecule has 142 valence electrons. The summed E-state index contributed by atoms with van der Waals surface area (Å²) in [5.74, 6) is 0. The van der Waals surface area contributed by atoms with Crippen molar-refractivity contribution in [3.8, 4) is 0 Å². The number of piperidine rings is 1. The van der Waals surface area contributed by atoms with Crippen LogP contribution in [0.1, 0.15) is 30.3 Å². The number of aromatic nitrogens is 2. The highest BCUT2D eigenvalue weighted by Crippen LogP contribution is 2.32. The van der Waals surface area contributed by atoms with Gasteiger partial charge in [-0.1, -0.05) is 18.6 Å². The third kappa shape index (κ3) is 3.34. The van der Waals surface area contributed by atoms with Gasteiger partial charge in [0.05, 0.1) is 6.04 Å². The van der Waals surface area contributed by atoms with Gasteiger partial charge in [0.1, 0.15) is 10.5 Å². The van der Waals surface area contributed by atoms with Crippen molar-refractivity contribution in [2.24, 2.45) is 0 Å². The van der Waals surface area contributed by atoms with Crippen molar-refractivity contribution in [3.63, 3.8) is 0 Å². The van der Waals surface area contributed by atoms with Crippen molar-refractivity contribution in [1.82, 2.24) is 25.3 Å². The summed E-state index contributed by atoms with van der Waals surface area (Å²) in [6.45, 7) is 4.74. The van der Waals surface area contributed by atoms with Crippen molar-refractivity contribution in [3.05, 3.63) is 40.8 Å². The van der Waals surface area contributed by atoms with E-state index in [0.29, 0.717) is 6.01 Å². The first kappa shape index (κ1) is 17.1. The predicted octanol–water partition coefficient (Wildman–Crippen LogP) is 3.05. The molecule has 2 aliphatic rings. The Labute approximate surface area is 162 Å². The van der Waals surface area contributed by atoms with Crippen LogP contribution in [0.5, 0.6) is 0 Å². The van der Waals surface area contributed by atoms with E-state index >= 15 is 0 Å². The lowest BCUT2D eigenvalue weighted by Gasteiger charge is -2.47. The average molecular weight is 385 g/mol. The molecule has 0 radical (unpaired) electrons. The minimum absolute atomic E-state index is 0.177. The van der Waals surface area contributed by atoms with Crippen molar-refractivity contribution in [2.75, 3.05) is 37.8 Å². The summed E-state index contributed by atoms with van der Waals surface area (Å²) >= 11 is 1.71. The third-order valence-corrected chi connectivity index (χ3v) is 6.13. The molecule has 7 nitrogen and oxygen atoms in total. The summed E-state index contributed by atoms with van der Waals surface area (Å²) in [5.41, 5.74) is 1.73. The lowest BCUT2D eigenvalue weighted by molar-refractivity contribution is 0.0255. The maximum absolute atomic E-state index is 6.20. The molecule has 1 N–H and O–H groups in total. The van der Waals surface area contributed by atoms with E-state index in [1.165, 1.54) is 19.3 Å². The van der Waals surface area contributed by atoms with Crippen LogP contribution in [0.4, 0.5) is 6.01 Å². The summed E-state index contributed by atoms with van der Waals surface area (Å²) in [6.07, 6.45) is 5.57. The van der Waals surface area contributed by atoms with E-state index in [-0.39, 0.29) is 6.04 Å². The highest BCUT2D eigenvalue weighted by Gasteiger charge is 2.36. The molecule has 0 saturated carbocycles. The van der Waals surface area contributed by atoms with Gasteiger partial charge in [-0.3, -0.25) is 0 Å². The Balaban J connectivity index is 1.55. The van der Waals surface area contributed by atoms with E-state index in [1.807, 2.05) is 35.8 Å². The van der Waals surface area contributed by atoms with Gasteiger partial charge >= 0.3 is 6.01 Å². The van der Waals surface area contributed by atoms with Gasteiger partial charge in [-0.25, -0.2) is 9.99 Å². The molecular weight excluding hydrogens is 360 g/mol. The SMILES string of the molecule is c1ccc2oc(N(N3CCCCC3)N3CCNCC3c3nccs3)nc2c1. The Morgan fingerprint density at radius 1 is 1.15 bits per heavy atom. The molecule has 0 aliphatic carbocycles. The van der Waals surface area contributed by atoms with E-state index in [0.717, 1.165) is 48.8 Å². The van der Waals surface area contributed by atoms with Gasteiger partial charge < -0.3 is 9.73 Å². The first-order valence-corrected chi connectivity index (χ1v) is 10.6. The maximum Gasteiger partial charge on any atom is 0.329 e. The van der Waals surface area contributed by atoms with Crippen LogP contribution in [0.15, 0.2) is 40.3 Å². The lowest BCUT2D eigenvalue weighted by atomic mass is 10.2. The van der Waals surface area contributed by atoms with Crippen molar-refractivity contribution < 1.29 is 4.42 Å². The van der Waals surface area contributed by atoms with Crippen LogP contribution >= 0.6 is 11.3 Å². The van der Waals surface area contributed by atoms with Crippen LogP contribution in [0.2, 0.25) is 0 Å². The van der Waals surface area contributed by atoms with Gasteiger partial charge in [0, 0.05) is 44.3 Å². The average Bonchev–Trinajstić information content (AvgIpc) is 3.39. The van der Waals surface area contributed by atoms with E-state index in [4.69, 9.17) is 9.40 Å². The predicted molar refractivity (Wildman–Crippen MR) is 106 cm³/mol. The molecule has 1 unspecified atom stereocenters. The van der Waals surface area contributed by atoms with Crippen molar-refractivity contribution in [1.29, 1.82) is 0 Å². The number of piperazine rings is 1. The van der Waals surface area contributed by atoms with Gasteiger partial charge in [-0.2, -0.15) is 15.1 Å². The zero-order valence-electron chi connectivity index (χ0n) is 15.3. The number of rotatable bonds is 4. The van der Waals surface area contributed by atoms with Crippen molar-refractivity contribution >= 4 is 28.5 Å². The summed E-state index contributed by atoms with van der Waals surface area (Å²) in [7, 11) is 0. The molecule has 4 heterocycles. The van der Waals surface area contributed by atoms with E-state index in [9.17, 15) is 0 Å². The zero-order chi connectivity index (χ0) is 18.1. The van der Waals surface area contributed by atoms with Crippen LogP contribution in [-0.4, -0.2) is 52.7 Å². The summed E-state index contributed by atoms with van der Waals surface area (Å²) in [5, 5.41) is 13.7. The lowest BCUT2D eigenvalue weighted by Crippen LogP contribution is -2.61. The topological polar surface area (TPSA) is 60.7 Å². The van der Waals surface area contributed by atoms with Crippen molar-refractivity contribution in [2.45, 2.75) is 25.3 Å². The number of nitrogens with one attached hydrogen (secondary N) is 1. The second-order valence-corrected chi connectivity index (χ2v) is 7.95. The molecule has 1 aromatic carbocycles. The number of benzene rings is 1. The van der Waals surface area contributed by atoms with Crippen LogP contribution in [0, 0.1) is 0 Å². The first-order chi connectivity index (χ1) is 13.4. The van der Waals surface area contributed by atoms with E-state index < -0.39 is 0 Å². The van der Waals surface area contributed by atoms with Gasteiger partial charge in [-0.05, 0) is 25.0 Å². The highest BCUT2D eigenvalue weighted by molar-refractivity contribution is 7.09. The number of nitrogens with zero attached hydrogens (tertiary/aromatic N) is 5. The number of hydrogen-bond acceptors (Lipinski definition) is 8. The van der Waals surface area contributed by atoms with Gasteiger partial charge in [0.25, 0.3) is 0 Å². The van der Waals surface area contributed by atoms with Gasteiger partial charge in [-0.15, -0.1) is 11.3 Å². The highest BCUT2D eigenvalue weighted by atomic mass is 32.1. The normalized spacial score (nSPS) is 22.3. The molecule has 2 aromatic heterocycles. The Bertz CT molecular complexity index is 842. The number of anilines is 1. The number of hydrogen-bond donors (Lipinski definition) is 1. The van der Waals surface area contributed by atoms with Crippen LogP contribution in [0.25, 0.3) is 11.1 Å². The standard InChI is InChI=1S/C19H24N6OS/c1-4-10-23(11-5-1)25(19-22-15-6-2-3-7-17(15)26-19)24-12-8-20-14-16(24)18-21-9-13-27-18/h2-3,6-7,9,13,16,20H,1,4-5,8,10-12,14H2. The molecule has 1 atom stereocenters. The van der Waals surface area contributed by atoms with Crippen LogP contribution in [0.3, 0.4) is 0 Å². The summed E-state index contributed by atoms with van der Waals surface area (Å²) in [4.78, 5) is 9.41. The molecule has 3 aromatic rings. The Hall–Kier alpha value is -2.00. The van der Waals surface area contributed by atoms with Gasteiger partial charge in [0.15, 0.2) is 5.58 Å². The number of hydrazine groups is 2. The first-order valence-electron chi connectivity index (χ1n) is 9.67. The van der Waals surface area contributed by atoms with E-state index in [2.05, 4.69) is 25.4 Å². The zero-order valence-corrected chi connectivity index (χ0v) is 16.1. The molecule has 2 aliphatic heterocycles.